The third-order valence-corrected chi connectivity index (χ3v) is 4.86. The monoisotopic (exact) mass is 297 g/mol. The molecule has 1 saturated carbocycles. The second kappa shape index (κ2) is 5.80. The number of carbonyl (C=O) groups is 1. The molecule has 1 aliphatic rings. The van der Waals surface area contributed by atoms with E-state index in [1.807, 2.05) is 0 Å². The van der Waals surface area contributed by atoms with Gasteiger partial charge in [0.1, 0.15) is 0 Å². The van der Waals surface area contributed by atoms with Gasteiger partial charge in [-0.15, -0.1) is 0 Å². The zero-order valence-electron chi connectivity index (χ0n) is 11.4. The summed E-state index contributed by atoms with van der Waals surface area (Å²) in [7, 11) is -2.11. The molecule has 0 unspecified atom stereocenters. The van der Waals surface area contributed by atoms with E-state index < -0.39 is 10.0 Å². The molecule has 0 spiro atoms. The van der Waals surface area contributed by atoms with Gasteiger partial charge in [-0.1, -0.05) is 12.1 Å². The molecule has 1 fully saturated rings. The molecule has 0 saturated heterocycles. The molecule has 0 aliphatic heterocycles. The summed E-state index contributed by atoms with van der Waals surface area (Å²) in [6.45, 7) is -0.152. The first kappa shape index (κ1) is 14.8. The summed E-state index contributed by atoms with van der Waals surface area (Å²) in [6, 6.07) is 6.96. The van der Waals surface area contributed by atoms with Crippen molar-refractivity contribution in [2.24, 2.45) is 0 Å². The lowest BCUT2D eigenvalue weighted by molar-refractivity contribution is -0.121. The number of nitrogen functional groups attached to an aromatic ring is 1. The summed E-state index contributed by atoms with van der Waals surface area (Å²) in [5.41, 5.74) is 6.75. The molecule has 3 N–H and O–H groups in total. The van der Waals surface area contributed by atoms with Gasteiger partial charge >= 0.3 is 0 Å². The van der Waals surface area contributed by atoms with E-state index in [4.69, 9.17) is 5.73 Å². The average Bonchev–Trinajstić information content (AvgIpc) is 3.11. The Kier molecular flexibility index (Phi) is 4.29. The molecular weight excluding hydrogens is 278 g/mol. The van der Waals surface area contributed by atoms with Gasteiger partial charge in [-0.25, -0.2) is 8.42 Å². The van der Waals surface area contributed by atoms with Crippen molar-refractivity contribution in [1.29, 1.82) is 0 Å². The Hall–Kier alpha value is -1.60. The van der Waals surface area contributed by atoms with E-state index in [1.54, 1.807) is 24.3 Å². The van der Waals surface area contributed by atoms with E-state index in [9.17, 15) is 13.2 Å². The molecule has 0 heterocycles. The minimum absolute atomic E-state index is 0.152. The molecular formula is C13H19N3O3S. The number of hydrogen-bond donors (Lipinski definition) is 2. The van der Waals surface area contributed by atoms with Crippen LogP contribution in [-0.2, 0) is 20.6 Å². The number of sulfonamides is 1. The van der Waals surface area contributed by atoms with Crippen molar-refractivity contribution in [3.63, 3.8) is 0 Å². The van der Waals surface area contributed by atoms with E-state index in [2.05, 4.69) is 5.32 Å². The lowest BCUT2D eigenvalue weighted by Gasteiger charge is -2.17. The molecule has 0 bridgehead atoms. The maximum Gasteiger partial charge on any atom is 0.235 e. The highest BCUT2D eigenvalue weighted by molar-refractivity contribution is 7.88. The number of likely N-dealkylation sites (N-methyl/N-ethyl adjacent to an activating group) is 1. The van der Waals surface area contributed by atoms with E-state index in [0.29, 0.717) is 11.3 Å². The van der Waals surface area contributed by atoms with Gasteiger partial charge in [0.2, 0.25) is 15.9 Å². The predicted molar refractivity (Wildman–Crippen MR) is 77.3 cm³/mol. The standard InChI is InChI=1S/C13H19N3O3S/c1-16(8-13(17)15-12-5-6-12)20(18,19)9-10-3-2-4-11(14)7-10/h2-4,7,12H,5-6,8-9,14H2,1H3,(H,15,17). The van der Waals surface area contributed by atoms with Crippen LogP contribution in [0.2, 0.25) is 0 Å². The normalized spacial score (nSPS) is 15.3. The molecule has 1 aromatic carbocycles. The average molecular weight is 297 g/mol. The van der Waals surface area contributed by atoms with Crippen LogP contribution in [0.25, 0.3) is 0 Å². The van der Waals surface area contributed by atoms with Crippen molar-refractivity contribution in [3.8, 4) is 0 Å². The fourth-order valence-corrected chi connectivity index (χ4v) is 2.94. The van der Waals surface area contributed by atoms with Crippen LogP contribution >= 0.6 is 0 Å². The zero-order valence-corrected chi connectivity index (χ0v) is 12.2. The highest BCUT2D eigenvalue weighted by Crippen LogP contribution is 2.18. The lowest BCUT2D eigenvalue weighted by atomic mass is 10.2. The predicted octanol–water partition coefficient (Wildman–Crippen LogP) is 0.309. The Morgan fingerprint density at radius 2 is 2.15 bits per heavy atom. The SMILES string of the molecule is CN(CC(=O)NC1CC1)S(=O)(=O)Cc1cccc(N)c1. The van der Waals surface area contributed by atoms with E-state index >= 15 is 0 Å². The molecule has 1 aliphatic carbocycles. The van der Waals surface area contributed by atoms with Crippen LogP contribution in [0.1, 0.15) is 18.4 Å². The van der Waals surface area contributed by atoms with E-state index in [0.717, 1.165) is 17.1 Å². The van der Waals surface area contributed by atoms with Crippen molar-refractivity contribution in [1.82, 2.24) is 9.62 Å². The molecule has 20 heavy (non-hydrogen) atoms. The van der Waals surface area contributed by atoms with Crippen LogP contribution in [0, 0.1) is 0 Å². The molecule has 1 amide bonds. The van der Waals surface area contributed by atoms with Crippen LogP contribution in [0.5, 0.6) is 0 Å². The highest BCUT2D eigenvalue weighted by atomic mass is 32.2. The van der Waals surface area contributed by atoms with Gasteiger partial charge in [-0.3, -0.25) is 4.79 Å². The van der Waals surface area contributed by atoms with Gasteiger partial charge in [0.05, 0.1) is 12.3 Å². The summed E-state index contributed by atoms with van der Waals surface area (Å²) < 4.78 is 25.4. The second-order valence-electron chi connectivity index (χ2n) is 5.10. The van der Waals surface area contributed by atoms with Crippen molar-refractivity contribution < 1.29 is 13.2 Å². The van der Waals surface area contributed by atoms with Gasteiger partial charge in [0.15, 0.2) is 0 Å². The number of nitrogens with two attached hydrogens (primary N) is 1. The Labute approximate surface area is 119 Å². The van der Waals surface area contributed by atoms with Gasteiger partial charge in [0, 0.05) is 18.8 Å². The first-order valence-corrected chi connectivity index (χ1v) is 8.05. The minimum Gasteiger partial charge on any atom is -0.399 e. The molecule has 2 rings (SSSR count). The fourth-order valence-electron chi connectivity index (χ4n) is 1.81. The van der Waals surface area contributed by atoms with Crippen LogP contribution in [0.3, 0.4) is 0 Å². The van der Waals surface area contributed by atoms with Crippen LogP contribution in [0.4, 0.5) is 5.69 Å². The molecule has 0 aromatic heterocycles. The second-order valence-corrected chi connectivity index (χ2v) is 7.17. The van der Waals surface area contributed by atoms with Crippen molar-refractivity contribution in [2.75, 3.05) is 19.3 Å². The summed E-state index contributed by atoms with van der Waals surface area (Å²) >= 11 is 0. The van der Waals surface area contributed by atoms with Crippen molar-refractivity contribution in [2.45, 2.75) is 24.6 Å². The Morgan fingerprint density at radius 3 is 2.75 bits per heavy atom. The summed E-state index contributed by atoms with van der Waals surface area (Å²) in [5.74, 6) is -0.420. The fraction of sp³-hybridized carbons (Fsp3) is 0.462. The summed E-state index contributed by atoms with van der Waals surface area (Å²) in [4.78, 5) is 11.6. The van der Waals surface area contributed by atoms with Crippen molar-refractivity contribution in [3.05, 3.63) is 29.8 Å². The van der Waals surface area contributed by atoms with Gasteiger partial charge < -0.3 is 11.1 Å². The zero-order chi connectivity index (χ0) is 14.8. The largest absolute Gasteiger partial charge is 0.399 e. The lowest BCUT2D eigenvalue weighted by Crippen LogP contribution is -2.39. The molecule has 0 radical (unpaired) electrons. The first-order chi connectivity index (χ1) is 9.37. The molecule has 0 atom stereocenters. The van der Waals surface area contributed by atoms with Gasteiger partial charge in [-0.2, -0.15) is 4.31 Å². The first-order valence-electron chi connectivity index (χ1n) is 6.44. The van der Waals surface area contributed by atoms with Crippen LogP contribution in [0.15, 0.2) is 24.3 Å². The number of nitrogens with zero attached hydrogens (tertiary/aromatic N) is 1. The summed E-state index contributed by atoms with van der Waals surface area (Å²) in [5, 5.41) is 2.76. The van der Waals surface area contributed by atoms with Crippen LogP contribution in [-0.4, -0.2) is 38.3 Å². The number of hydrogen-bond acceptors (Lipinski definition) is 4. The molecule has 6 nitrogen and oxygen atoms in total. The van der Waals surface area contributed by atoms with Gasteiger partial charge in [0.25, 0.3) is 0 Å². The molecule has 110 valence electrons. The Morgan fingerprint density at radius 1 is 1.45 bits per heavy atom. The topological polar surface area (TPSA) is 92.5 Å². The Bertz CT molecular complexity index is 597. The minimum atomic E-state index is -3.52. The number of rotatable bonds is 6. The smallest absolute Gasteiger partial charge is 0.235 e. The number of nitrogens with one attached hydrogen (secondary N) is 1. The number of benzene rings is 1. The third kappa shape index (κ3) is 4.21. The summed E-state index contributed by atoms with van der Waals surface area (Å²) in [6.07, 6.45) is 1.96. The Balaban J connectivity index is 1.96. The molecule has 7 heteroatoms. The quantitative estimate of drug-likeness (QED) is 0.739. The number of carbonyl (C=O) groups excluding carboxylic acids is 1. The number of amides is 1. The van der Waals surface area contributed by atoms with E-state index in [-0.39, 0.29) is 24.2 Å². The number of anilines is 1. The van der Waals surface area contributed by atoms with Crippen LogP contribution < -0.4 is 11.1 Å². The third-order valence-electron chi connectivity index (χ3n) is 3.08. The molecule has 1 aromatic rings. The maximum atomic E-state index is 12.2. The highest BCUT2D eigenvalue weighted by Gasteiger charge is 2.26. The van der Waals surface area contributed by atoms with E-state index in [1.165, 1.54) is 7.05 Å². The van der Waals surface area contributed by atoms with Gasteiger partial charge in [-0.05, 0) is 30.5 Å². The van der Waals surface area contributed by atoms with Crippen molar-refractivity contribution >= 4 is 21.6 Å². The maximum absolute atomic E-state index is 12.2.